The SMILES string of the molecule is Fc1ccc(CSc2ncc(-c3ccc(Br)cc3)n2-c2ccc(OC(F)(F)F)cc2)cc1. The summed E-state index contributed by atoms with van der Waals surface area (Å²) in [6.07, 6.45) is -3.04. The summed E-state index contributed by atoms with van der Waals surface area (Å²) < 4.78 is 57.5. The predicted molar refractivity (Wildman–Crippen MR) is 119 cm³/mol. The van der Waals surface area contributed by atoms with Crippen molar-refractivity contribution in [3.8, 4) is 22.7 Å². The number of imidazole rings is 1. The summed E-state index contributed by atoms with van der Waals surface area (Å²) in [5.74, 6) is -0.0576. The van der Waals surface area contributed by atoms with E-state index in [9.17, 15) is 17.6 Å². The van der Waals surface area contributed by atoms with E-state index in [4.69, 9.17) is 0 Å². The van der Waals surface area contributed by atoms with E-state index in [1.807, 2.05) is 28.8 Å². The molecule has 0 aliphatic heterocycles. The van der Waals surface area contributed by atoms with Crippen LogP contribution in [0.5, 0.6) is 5.75 Å². The van der Waals surface area contributed by atoms with Crippen molar-refractivity contribution in [2.24, 2.45) is 0 Å². The van der Waals surface area contributed by atoms with Gasteiger partial charge in [0.15, 0.2) is 5.16 Å². The van der Waals surface area contributed by atoms with Crippen molar-refractivity contribution in [1.29, 1.82) is 0 Å². The second-order valence-electron chi connectivity index (χ2n) is 6.73. The molecular formula is C23H15BrF4N2OS. The lowest BCUT2D eigenvalue weighted by atomic mass is 10.1. The minimum Gasteiger partial charge on any atom is -0.406 e. The van der Waals surface area contributed by atoms with Crippen molar-refractivity contribution in [2.45, 2.75) is 17.3 Å². The minimum absolute atomic E-state index is 0.299. The Kier molecular flexibility index (Phi) is 6.57. The Hall–Kier alpha value is -2.78. The summed E-state index contributed by atoms with van der Waals surface area (Å²) in [6, 6.07) is 19.5. The first-order chi connectivity index (χ1) is 15.3. The van der Waals surface area contributed by atoms with E-state index >= 15 is 0 Å². The van der Waals surface area contributed by atoms with Gasteiger partial charge in [0.25, 0.3) is 0 Å². The summed E-state index contributed by atoms with van der Waals surface area (Å²) in [5.41, 5.74) is 3.23. The maximum absolute atomic E-state index is 13.2. The van der Waals surface area contributed by atoms with Crippen LogP contribution in [0.1, 0.15) is 5.56 Å². The van der Waals surface area contributed by atoms with Crippen molar-refractivity contribution in [3.63, 3.8) is 0 Å². The number of ether oxygens (including phenoxy) is 1. The third-order valence-electron chi connectivity index (χ3n) is 4.48. The highest BCUT2D eigenvalue weighted by Gasteiger charge is 2.31. The zero-order valence-electron chi connectivity index (χ0n) is 16.3. The summed E-state index contributed by atoms with van der Waals surface area (Å²) in [5, 5.41) is 0.650. The molecule has 0 unspecified atom stereocenters. The van der Waals surface area contributed by atoms with Gasteiger partial charge in [-0.3, -0.25) is 4.57 Å². The molecule has 4 aromatic rings. The van der Waals surface area contributed by atoms with E-state index in [1.54, 1.807) is 30.5 Å². The van der Waals surface area contributed by atoms with Gasteiger partial charge in [-0.1, -0.05) is 52.0 Å². The smallest absolute Gasteiger partial charge is 0.406 e. The highest BCUT2D eigenvalue weighted by molar-refractivity contribution is 9.10. The number of hydrogen-bond donors (Lipinski definition) is 0. The number of benzene rings is 3. The average molecular weight is 523 g/mol. The number of rotatable bonds is 6. The van der Waals surface area contributed by atoms with Gasteiger partial charge in [0, 0.05) is 21.5 Å². The minimum atomic E-state index is -4.75. The molecule has 164 valence electrons. The molecule has 0 saturated heterocycles. The van der Waals surface area contributed by atoms with Crippen LogP contribution in [0.3, 0.4) is 0 Å². The van der Waals surface area contributed by atoms with Crippen molar-refractivity contribution < 1.29 is 22.3 Å². The monoisotopic (exact) mass is 522 g/mol. The van der Waals surface area contributed by atoms with E-state index < -0.39 is 6.36 Å². The topological polar surface area (TPSA) is 27.1 Å². The molecule has 0 aliphatic rings. The second-order valence-corrected chi connectivity index (χ2v) is 8.58. The van der Waals surface area contributed by atoms with Gasteiger partial charge in [-0.15, -0.1) is 13.2 Å². The Morgan fingerprint density at radius 2 is 1.56 bits per heavy atom. The van der Waals surface area contributed by atoms with Gasteiger partial charge in [-0.25, -0.2) is 9.37 Å². The Balaban J connectivity index is 1.69. The van der Waals surface area contributed by atoms with E-state index in [2.05, 4.69) is 25.7 Å². The molecule has 0 saturated carbocycles. The Labute approximate surface area is 194 Å². The lowest BCUT2D eigenvalue weighted by Crippen LogP contribution is -2.17. The van der Waals surface area contributed by atoms with Crippen molar-refractivity contribution in [2.75, 3.05) is 0 Å². The standard InChI is InChI=1S/C23H15BrF4N2OS/c24-17-5-3-16(4-6-17)21-13-29-22(32-14-15-1-7-18(25)8-2-15)30(21)19-9-11-20(12-10-19)31-23(26,27)28/h1-13H,14H2. The molecule has 1 aromatic heterocycles. The lowest BCUT2D eigenvalue weighted by Gasteiger charge is -2.14. The van der Waals surface area contributed by atoms with Crippen LogP contribution in [0.4, 0.5) is 17.6 Å². The predicted octanol–water partition coefficient (Wildman–Crippen LogP) is 7.63. The molecule has 0 fully saturated rings. The molecule has 32 heavy (non-hydrogen) atoms. The van der Waals surface area contributed by atoms with E-state index in [1.165, 1.54) is 36.0 Å². The summed E-state index contributed by atoms with van der Waals surface area (Å²) >= 11 is 4.86. The molecule has 4 rings (SSSR count). The van der Waals surface area contributed by atoms with Crippen LogP contribution in [0.15, 0.2) is 88.6 Å². The average Bonchev–Trinajstić information content (AvgIpc) is 3.17. The van der Waals surface area contributed by atoms with Crippen molar-refractivity contribution in [1.82, 2.24) is 9.55 Å². The van der Waals surface area contributed by atoms with Crippen molar-refractivity contribution >= 4 is 27.7 Å². The summed E-state index contributed by atoms with van der Waals surface area (Å²) in [6.45, 7) is 0. The fourth-order valence-corrected chi connectivity index (χ4v) is 4.25. The molecule has 0 bridgehead atoms. The van der Waals surface area contributed by atoms with E-state index in [0.29, 0.717) is 16.6 Å². The molecule has 0 spiro atoms. The van der Waals surface area contributed by atoms with Gasteiger partial charge in [0.05, 0.1) is 11.9 Å². The fraction of sp³-hybridized carbons (Fsp3) is 0.0870. The zero-order chi connectivity index (χ0) is 22.7. The molecule has 0 amide bonds. The van der Waals surface area contributed by atoms with Crippen LogP contribution in [-0.4, -0.2) is 15.9 Å². The molecule has 3 nitrogen and oxygen atoms in total. The second kappa shape index (κ2) is 9.38. The van der Waals surface area contributed by atoms with Gasteiger partial charge in [0.1, 0.15) is 11.6 Å². The number of halogens is 5. The largest absolute Gasteiger partial charge is 0.573 e. The van der Waals surface area contributed by atoms with Gasteiger partial charge < -0.3 is 4.74 Å². The molecule has 9 heteroatoms. The maximum atomic E-state index is 13.2. The number of hydrogen-bond acceptors (Lipinski definition) is 3. The molecule has 0 aliphatic carbocycles. The number of thioether (sulfide) groups is 1. The van der Waals surface area contributed by atoms with Crippen LogP contribution in [0.2, 0.25) is 0 Å². The van der Waals surface area contributed by atoms with Crippen molar-refractivity contribution in [3.05, 3.63) is 94.8 Å². The third-order valence-corrected chi connectivity index (χ3v) is 6.03. The van der Waals surface area contributed by atoms with Gasteiger partial charge >= 0.3 is 6.36 Å². The normalized spacial score (nSPS) is 11.5. The Bertz CT molecular complexity index is 1190. The number of alkyl halides is 3. The first kappa shape index (κ1) is 22.4. The van der Waals surface area contributed by atoms with Gasteiger partial charge in [0.2, 0.25) is 0 Å². The highest BCUT2D eigenvalue weighted by atomic mass is 79.9. The third kappa shape index (κ3) is 5.52. The molecule has 1 heterocycles. The molecule has 0 N–H and O–H groups in total. The van der Waals surface area contributed by atoms with E-state index in [0.717, 1.165) is 21.3 Å². The fourth-order valence-electron chi connectivity index (χ4n) is 3.04. The maximum Gasteiger partial charge on any atom is 0.573 e. The molecular weight excluding hydrogens is 508 g/mol. The first-order valence-electron chi connectivity index (χ1n) is 9.35. The summed E-state index contributed by atoms with van der Waals surface area (Å²) in [4.78, 5) is 4.53. The van der Waals surface area contributed by atoms with Crippen LogP contribution >= 0.6 is 27.7 Å². The number of aromatic nitrogens is 2. The van der Waals surface area contributed by atoms with E-state index in [-0.39, 0.29) is 11.6 Å². The van der Waals surface area contributed by atoms with Crippen LogP contribution in [0.25, 0.3) is 16.9 Å². The first-order valence-corrected chi connectivity index (χ1v) is 11.1. The Morgan fingerprint density at radius 3 is 2.19 bits per heavy atom. The van der Waals surface area contributed by atoms with Crippen LogP contribution < -0.4 is 4.74 Å². The van der Waals surface area contributed by atoms with Crippen LogP contribution in [-0.2, 0) is 5.75 Å². The number of nitrogens with zero attached hydrogens (tertiary/aromatic N) is 2. The quantitative estimate of drug-likeness (QED) is 0.192. The molecule has 0 radical (unpaired) electrons. The molecule has 0 atom stereocenters. The van der Waals surface area contributed by atoms with Crippen LogP contribution in [0, 0.1) is 5.82 Å². The Morgan fingerprint density at radius 1 is 0.906 bits per heavy atom. The zero-order valence-corrected chi connectivity index (χ0v) is 18.7. The summed E-state index contributed by atoms with van der Waals surface area (Å²) in [7, 11) is 0. The molecule has 3 aromatic carbocycles. The van der Waals surface area contributed by atoms with Gasteiger partial charge in [-0.2, -0.15) is 0 Å². The lowest BCUT2D eigenvalue weighted by molar-refractivity contribution is -0.274. The van der Waals surface area contributed by atoms with Gasteiger partial charge in [-0.05, 0) is 54.1 Å². The highest BCUT2D eigenvalue weighted by Crippen LogP contribution is 2.33.